The molecule has 1 saturated heterocycles. The smallest absolute Gasteiger partial charge is 0.0888 e. The zero-order chi connectivity index (χ0) is 8.32. The molecule has 66 valence electrons. The number of epoxide rings is 1. The van der Waals surface area contributed by atoms with E-state index in [0.717, 1.165) is 12.5 Å². The fourth-order valence-corrected chi connectivity index (χ4v) is 1.30. The molecule has 0 aromatic carbocycles. The summed E-state index contributed by atoms with van der Waals surface area (Å²) in [4.78, 5) is 0. The third-order valence-corrected chi connectivity index (χ3v) is 2.74. The molecule has 11 heavy (non-hydrogen) atoms. The molecule has 1 nitrogen and oxygen atoms in total. The van der Waals surface area contributed by atoms with E-state index in [4.69, 9.17) is 4.74 Å². The minimum Gasteiger partial charge on any atom is -0.370 e. The van der Waals surface area contributed by atoms with Crippen molar-refractivity contribution in [2.75, 3.05) is 6.61 Å². The molecule has 2 unspecified atom stereocenters. The third-order valence-electron chi connectivity index (χ3n) is 2.74. The van der Waals surface area contributed by atoms with Crippen LogP contribution in [0.25, 0.3) is 0 Å². The number of hydrogen-bond acceptors (Lipinski definition) is 1. The second-order valence-electron chi connectivity index (χ2n) is 4.14. The first kappa shape index (κ1) is 9.05. The van der Waals surface area contributed by atoms with E-state index in [1.165, 1.54) is 25.7 Å². The van der Waals surface area contributed by atoms with Crippen molar-refractivity contribution in [2.45, 2.75) is 52.1 Å². The van der Waals surface area contributed by atoms with Gasteiger partial charge in [-0.1, -0.05) is 33.1 Å². The van der Waals surface area contributed by atoms with Crippen LogP contribution in [0.15, 0.2) is 0 Å². The highest BCUT2D eigenvalue weighted by molar-refractivity contribution is 4.86. The normalized spacial score (nSPS) is 31.9. The van der Waals surface area contributed by atoms with E-state index < -0.39 is 0 Å². The molecule has 1 heteroatoms. The number of hydrogen-bond donors (Lipinski definition) is 0. The SMILES string of the molecule is CCC(C)CCCC1(C)CO1. The van der Waals surface area contributed by atoms with Crippen LogP contribution in [0.3, 0.4) is 0 Å². The van der Waals surface area contributed by atoms with Crippen molar-refractivity contribution >= 4 is 0 Å². The molecule has 0 N–H and O–H groups in total. The minimum atomic E-state index is 0.285. The van der Waals surface area contributed by atoms with E-state index in [2.05, 4.69) is 20.8 Å². The first-order chi connectivity index (χ1) is 5.16. The molecular formula is C10H20O. The van der Waals surface area contributed by atoms with Gasteiger partial charge in [0.15, 0.2) is 0 Å². The maximum atomic E-state index is 5.31. The van der Waals surface area contributed by atoms with Crippen LogP contribution in [0.2, 0.25) is 0 Å². The quantitative estimate of drug-likeness (QED) is 0.557. The molecule has 0 saturated carbocycles. The Morgan fingerprint density at radius 2 is 2.18 bits per heavy atom. The van der Waals surface area contributed by atoms with Gasteiger partial charge in [0, 0.05) is 0 Å². The van der Waals surface area contributed by atoms with Crippen molar-refractivity contribution in [1.29, 1.82) is 0 Å². The zero-order valence-electron chi connectivity index (χ0n) is 8.02. The van der Waals surface area contributed by atoms with Crippen LogP contribution in [0, 0.1) is 5.92 Å². The Morgan fingerprint density at radius 3 is 2.64 bits per heavy atom. The largest absolute Gasteiger partial charge is 0.370 e. The highest BCUT2D eigenvalue weighted by atomic mass is 16.6. The van der Waals surface area contributed by atoms with Crippen molar-refractivity contribution in [3.05, 3.63) is 0 Å². The molecule has 2 atom stereocenters. The average Bonchev–Trinajstić information content (AvgIpc) is 2.68. The molecule has 0 aliphatic carbocycles. The highest BCUT2D eigenvalue weighted by Gasteiger charge is 2.38. The summed E-state index contributed by atoms with van der Waals surface area (Å²) in [5.41, 5.74) is 0.285. The Balaban J connectivity index is 1.95. The molecule has 0 spiro atoms. The van der Waals surface area contributed by atoms with Crippen LogP contribution < -0.4 is 0 Å². The van der Waals surface area contributed by atoms with Crippen LogP contribution in [0.4, 0.5) is 0 Å². The molecule has 1 aliphatic rings. The van der Waals surface area contributed by atoms with Crippen molar-refractivity contribution < 1.29 is 4.74 Å². The molecule has 1 rings (SSSR count). The first-order valence-corrected chi connectivity index (χ1v) is 4.80. The summed E-state index contributed by atoms with van der Waals surface area (Å²) < 4.78 is 5.31. The van der Waals surface area contributed by atoms with Gasteiger partial charge in [0.25, 0.3) is 0 Å². The van der Waals surface area contributed by atoms with Crippen LogP contribution >= 0.6 is 0 Å². The highest BCUT2D eigenvalue weighted by Crippen LogP contribution is 2.32. The molecule has 0 aromatic rings. The van der Waals surface area contributed by atoms with Crippen molar-refractivity contribution in [1.82, 2.24) is 0 Å². The van der Waals surface area contributed by atoms with Gasteiger partial charge >= 0.3 is 0 Å². The number of rotatable bonds is 5. The van der Waals surface area contributed by atoms with Crippen LogP contribution in [0.5, 0.6) is 0 Å². The fraction of sp³-hybridized carbons (Fsp3) is 1.00. The zero-order valence-corrected chi connectivity index (χ0v) is 8.02. The maximum absolute atomic E-state index is 5.31. The Hall–Kier alpha value is -0.0400. The molecule has 0 radical (unpaired) electrons. The molecule has 0 aromatic heterocycles. The third kappa shape index (κ3) is 3.24. The van der Waals surface area contributed by atoms with E-state index in [-0.39, 0.29) is 5.60 Å². The summed E-state index contributed by atoms with van der Waals surface area (Å²) in [7, 11) is 0. The molecule has 0 bridgehead atoms. The van der Waals surface area contributed by atoms with Crippen molar-refractivity contribution in [3.8, 4) is 0 Å². The molecule has 1 fully saturated rings. The lowest BCUT2D eigenvalue weighted by Crippen LogP contribution is -2.04. The standard InChI is InChI=1S/C10H20O/c1-4-9(2)6-5-7-10(3)8-11-10/h9H,4-8H2,1-3H3. The molecule has 1 aliphatic heterocycles. The summed E-state index contributed by atoms with van der Waals surface area (Å²) in [6.45, 7) is 7.80. The second kappa shape index (κ2) is 3.57. The minimum absolute atomic E-state index is 0.285. The van der Waals surface area contributed by atoms with E-state index in [0.29, 0.717) is 0 Å². The lowest BCUT2D eigenvalue weighted by Gasteiger charge is -2.08. The van der Waals surface area contributed by atoms with Gasteiger partial charge in [-0.15, -0.1) is 0 Å². The summed E-state index contributed by atoms with van der Waals surface area (Å²) in [5.74, 6) is 0.900. The summed E-state index contributed by atoms with van der Waals surface area (Å²) >= 11 is 0. The first-order valence-electron chi connectivity index (χ1n) is 4.80. The summed E-state index contributed by atoms with van der Waals surface area (Å²) in [6.07, 6.45) is 5.29. The molecule has 1 heterocycles. The van der Waals surface area contributed by atoms with Crippen molar-refractivity contribution in [2.24, 2.45) is 5.92 Å². The monoisotopic (exact) mass is 156 g/mol. The molecule has 0 amide bonds. The summed E-state index contributed by atoms with van der Waals surface area (Å²) in [6, 6.07) is 0. The summed E-state index contributed by atoms with van der Waals surface area (Å²) in [5, 5.41) is 0. The van der Waals surface area contributed by atoms with Gasteiger partial charge in [-0.2, -0.15) is 0 Å². The Bertz CT molecular complexity index is 116. The van der Waals surface area contributed by atoms with E-state index in [9.17, 15) is 0 Å². The Labute approximate surface area is 70.1 Å². The van der Waals surface area contributed by atoms with Gasteiger partial charge in [0.2, 0.25) is 0 Å². The maximum Gasteiger partial charge on any atom is 0.0888 e. The van der Waals surface area contributed by atoms with Gasteiger partial charge < -0.3 is 4.74 Å². The van der Waals surface area contributed by atoms with Crippen molar-refractivity contribution in [3.63, 3.8) is 0 Å². The van der Waals surface area contributed by atoms with Gasteiger partial charge in [-0.25, -0.2) is 0 Å². The topological polar surface area (TPSA) is 12.5 Å². The number of ether oxygens (including phenoxy) is 1. The lowest BCUT2D eigenvalue weighted by molar-refractivity contribution is 0.296. The van der Waals surface area contributed by atoms with Gasteiger partial charge in [0.05, 0.1) is 12.2 Å². The van der Waals surface area contributed by atoms with Crippen LogP contribution in [0.1, 0.15) is 46.5 Å². The van der Waals surface area contributed by atoms with Gasteiger partial charge in [-0.3, -0.25) is 0 Å². The second-order valence-corrected chi connectivity index (χ2v) is 4.14. The van der Waals surface area contributed by atoms with E-state index in [1.54, 1.807) is 0 Å². The average molecular weight is 156 g/mol. The Morgan fingerprint density at radius 1 is 1.55 bits per heavy atom. The van der Waals surface area contributed by atoms with E-state index in [1.807, 2.05) is 0 Å². The van der Waals surface area contributed by atoms with Crippen LogP contribution in [-0.4, -0.2) is 12.2 Å². The lowest BCUT2D eigenvalue weighted by atomic mass is 9.98. The van der Waals surface area contributed by atoms with E-state index >= 15 is 0 Å². The molecular weight excluding hydrogens is 136 g/mol. The predicted octanol–water partition coefficient (Wildman–Crippen LogP) is 2.99. The van der Waals surface area contributed by atoms with Gasteiger partial charge in [0.1, 0.15) is 0 Å². The Kier molecular flexibility index (Phi) is 2.94. The predicted molar refractivity (Wildman–Crippen MR) is 47.7 cm³/mol. The van der Waals surface area contributed by atoms with Crippen LogP contribution in [-0.2, 0) is 4.74 Å². The fourth-order valence-electron chi connectivity index (χ4n) is 1.30. The van der Waals surface area contributed by atoms with Gasteiger partial charge in [-0.05, 0) is 19.3 Å².